The van der Waals surface area contributed by atoms with Gasteiger partial charge < -0.3 is 9.32 Å². The molecule has 1 fully saturated rings. The lowest BCUT2D eigenvalue weighted by Crippen LogP contribution is -2.40. The summed E-state index contributed by atoms with van der Waals surface area (Å²) in [5.41, 5.74) is 0.405. The highest BCUT2D eigenvalue weighted by molar-refractivity contribution is 7.91. The molecule has 0 unspecified atom stereocenters. The second-order valence-corrected chi connectivity index (χ2v) is 9.90. The molecule has 1 aromatic heterocycles. The fraction of sp³-hybridized carbons (Fsp3) is 0.238. The van der Waals surface area contributed by atoms with Gasteiger partial charge in [0.2, 0.25) is 0 Å². The van der Waals surface area contributed by atoms with Crippen molar-refractivity contribution >= 4 is 38.3 Å². The summed E-state index contributed by atoms with van der Waals surface area (Å²) in [6, 6.07) is 10.6. The molecule has 1 amide bonds. The van der Waals surface area contributed by atoms with Crippen LogP contribution in [0.2, 0.25) is 5.02 Å². The molecule has 9 heteroatoms. The molecule has 4 rings (SSSR count). The lowest BCUT2D eigenvalue weighted by Gasteiger charge is -2.28. The van der Waals surface area contributed by atoms with Gasteiger partial charge in [0.25, 0.3) is 5.91 Å². The van der Waals surface area contributed by atoms with Gasteiger partial charge in [-0.1, -0.05) is 23.7 Å². The molecule has 0 spiro atoms. The average molecular weight is 450 g/mol. The second kappa shape index (κ2) is 7.85. The Hall–Kier alpha value is -2.71. The highest BCUT2D eigenvalue weighted by Gasteiger charge is 2.36. The van der Waals surface area contributed by atoms with Crippen LogP contribution in [0.5, 0.6) is 0 Å². The Morgan fingerprint density at radius 2 is 1.90 bits per heavy atom. The first-order chi connectivity index (χ1) is 14.2. The van der Waals surface area contributed by atoms with Crippen molar-refractivity contribution in [1.29, 1.82) is 0 Å². The van der Waals surface area contributed by atoms with E-state index in [1.165, 1.54) is 41.3 Å². The summed E-state index contributed by atoms with van der Waals surface area (Å²) in [5, 5.41) is 0.607. The number of amides is 1. The smallest absolute Gasteiger partial charge is 0.290 e. The quantitative estimate of drug-likeness (QED) is 0.609. The molecule has 0 bridgehead atoms. The summed E-state index contributed by atoms with van der Waals surface area (Å²) in [5.74, 6) is -1.41. The van der Waals surface area contributed by atoms with Crippen molar-refractivity contribution in [3.05, 3.63) is 80.9 Å². The van der Waals surface area contributed by atoms with E-state index >= 15 is 0 Å². The molecule has 1 atom stereocenters. The van der Waals surface area contributed by atoms with Crippen LogP contribution in [-0.4, -0.2) is 36.8 Å². The number of hydrogen-bond donors (Lipinski definition) is 0. The van der Waals surface area contributed by atoms with Gasteiger partial charge in [0.1, 0.15) is 11.4 Å². The van der Waals surface area contributed by atoms with Gasteiger partial charge in [0, 0.05) is 23.7 Å². The monoisotopic (exact) mass is 449 g/mol. The van der Waals surface area contributed by atoms with Gasteiger partial charge in [-0.3, -0.25) is 9.59 Å². The summed E-state index contributed by atoms with van der Waals surface area (Å²) in [4.78, 5) is 27.1. The Balaban J connectivity index is 1.73. The Morgan fingerprint density at radius 3 is 2.57 bits per heavy atom. The summed E-state index contributed by atoms with van der Waals surface area (Å²) < 4.78 is 42.9. The van der Waals surface area contributed by atoms with Crippen LogP contribution in [0, 0.1) is 5.82 Å². The van der Waals surface area contributed by atoms with Crippen LogP contribution in [0.4, 0.5) is 4.39 Å². The predicted octanol–water partition coefficient (Wildman–Crippen LogP) is 3.42. The first-order valence-corrected chi connectivity index (χ1v) is 11.4. The molecule has 156 valence electrons. The minimum absolute atomic E-state index is 0.0228. The topological polar surface area (TPSA) is 84.7 Å². The Kier molecular flexibility index (Phi) is 5.38. The van der Waals surface area contributed by atoms with Gasteiger partial charge in [-0.25, -0.2) is 12.8 Å². The third-order valence-corrected chi connectivity index (χ3v) is 7.06. The van der Waals surface area contributed by atoms with Crippen LogP contribution in [0.3, 0.4) is 0 Å². The maximum atomic E-state index is 13.3. The molecule has 0 saturated carbocycles. The minimum atomic E-state index is -3.26. The molecule has 1 aliphatic rings. The maximum Gasteiger partial charge on any atom is 0.290 e. The van der Waals surface area contributed by atoms with Gasteiger partial charge in [-0.15, -0.1) is 0 Å². The molecule has 0 aliphatic carbocycles. The molecular weight excluding hydrogens is 433 g/mol. The largest absolute Gasteiger partial charge is 0.451 e. The SMILES string of the molecule is O=C(c1cc(=O)c2cc(Cl)ccc2o1)N(Cc1ccc(F)cc1)[C@H]1CCS(=O)(=O)C1. The zero-order chi connectivity index (χ0) is 21.5. The molecule has 3 aromatic rings. The van der Waals surface area contributed by atoms with Crippen LogP contribution >= 0.6 is 11.6 Å². The second-order valence-electron chi connectivity index (χ2n) is 7.23. The van der Waals surface area contributed by atoms with Gasteiger partial charge in [-0.2, -0.15) is 0 Å². The van der Waals surface area contributed by atoms with E-state index in [2.05, 4.69) is 0 Å². The minimum Gasteiger partial charge on any atom is -0.451 e. The number of fused-ring (bicyclic) bond motifs is 1. The van der Waals surface area contributed by atoms with Crippen molar-refractivity contribution in [1.82, 2.24) is 4.90 Å². The predicted molar refractivity (Wildman–Crippen MR) is 111 cm³/mol. The molecule has 30 heavy (non-hydrogen) atoms. The van der Waals surface area contributed by atoms with Gasteiger partial charge in [0.15, 0.2) is 21.0 Å². The van der Waals surface area contributed by atoms with Crippen LogP contribution in [0.1, 0.15) is 22.5 Å². The number of sulfone groups is 1. The van der Waals surface area contributed by atoms with Crippen molar-refractivity contribution in [2.75, 3.05) is 11.5 Å². The van der Waals surface area contributed by atoms with E-state index in [0.29, 0.717) is 10.6 Å². The summed E-state index contributed by atoms with van der Waals surface area (Å²) in [7, 11) is -3.26. The summed E-state index contributed by atoms with van der Waals surface area (Å²) in [6.45, 7) is 0.0572. The van der Waals surface area contributed by atoms with Crippen LogP contribution in [0.25, 0.3) is 11.0 Å². The fourth-order valence-electron chi connectivity index (χ4n) is 3.55. The molecule has 0 N–H and O–H groups in total. The van der Waals surface area contributed by atoms with Crippen LogP contribution in [0.15, 0.2) is 57.7 Å². The molecule has 1 aliphatic heterocycles. The lowest BCUT2D eigenvalue weighted by molar-refractivity contribution is 0.0648. The standard InChI is InChI=1S/C21H17ClFNO5S/c22-14-3-6-19-17(9-14)18(25)10-20(29-19)21(26)24(16-7-8-30(27,28)12-16)11-13-1-4-15(23)5-2-13/h1-6,9-10,16H,7-8,11-12H2/t16-/m0/s1. The van der Waals surface area contributed by atoms with Crippen LogP contribution < -0.4 is 5.43 Å². The fourth-order valence-corrected chi connectivity index (χ4v) is 5.45. The number of rotatable bonds is 4. The van der Waals surface area contributed by atoms with E-state index in [4.69, 9.17) is 16.0 Å². The first kappa shape index (κ1) is 20.6. The highest BCUT2D eigenvalue weighted by Crippen LogP contribution is 2.24. The molecule has 6 nitrogen and oxygen atoms in total. The van der Waals surface area contributed by atoms with E-state index in [-0.39, 0.29) is 41.2 Å². The molecule has 0 radical (unpaired) electrons. The maximum absolute atomic E-state index is 13.3. The average Bonchev–Trinajstić information content (AvgIpc) is 3.07. The number of hydrogen-bond acceptors (Lipinski definition) is 5. The van der Waals surface area contributed by atoms with Crippen molar-refractivity contribution < 1.29 is 22.0 Å². The van der Waals surface area contributed by atoms with Crippen molar-refractivity contribution in [3.8, 4) is 0 Å². The third-order valence-electron chi connectivity index (χ3n) is 5.08. The van der Waals surface area contributed by atoms with Crippen molar-refractivity contribution in [3.63, 3.8) is 0 Å². The number of benzene rings is 2. The number of carbonyl (C=O) groups is 1. The van der Waals surface area contributed by atoms with Crippen molar-refractivity contribution in [2.24, 2.45) is 0 Å². The summed E-state index contributed by atoms with van der Waals surface area (Å²) >= 11 is 5.92. The lowest BCUT2D eigenvalue weighted by atomic mass is 10.1. The first-order valence-electron chi connectivity index (χ1n) is 9.21. The van der Waals surface area contributed by atoms with Crippen LogP contribution in [-0.2, 0) is 16.4 Å². The highest BCUT2D eigenvalue weighted by atomic mass is 35.5. The Labute approximate surface area is 176 Å². The molecule has 2 heterocycles. The summed E-state index contributed by atoms with van der Waals surface area (Å²) in [6.07, 6.45) is 0.280. The zero-order valence-electron chi connectivity index (χ0n) is 15.7. The van der Waals surface area contributed by atoms with E-state index in [0.717, 1.165) is 6.07 Å². The normalized spacial score (nSPS) is 17.9. The van der Waals surface area contributed by atoms with Crippen molar-refractivity contribution in [2.45, 2.75) is 19.0 Å². The van der Waals surface area contributed by atoms with Gasteiger partial charge >= 0.3 is 0 Å². The number of nitrogens with zero attached hydrogens (tertiary/aromatic N) is 1. The van der Waals surface area contributed by atoms with Gasteiger partial charge in [-0.05, 0) is 42.3 Å². The van der Waals surface area contributed by atoms with E-state index in [1.54, 1.807) is 6.07 Å². The molecule has 2 aromatic carbocycles. The number of carbonyl (C=O) groups excluding carboxylic acids is 1. The van der Waals surface area contributed by atoms with E-state index in [1.807, 2.05) is 0 Å². The number of halogens is 2. The third kappa shape index (κ3) is 4.24. The molecular formula is C21H17ClFNO5S. The Morgan fingerprint density at radius 1 is 1.17 bits per heavy atom. The van der Waals surface area contributed by atoms with Gasteiger partial charge in [0.05, 0.1) is 16.9 Å². The Bertz CT molecular complexity index is 1290. The van der Waals surface area contributed by atoms with E-state index < -0.39 is 33.0 Å². The molecule has 1 saturated heterocycles. The zero-order valence-corrected chi connectivity index (χ0v) is 17.2. The van der Waals surface area contributed by atoms with E-state index in [9.17, 15) is 22.4 Å².